The van der Waals surface area contributed by atoms with Crippen LogP contribution in [0.5, 0.6) is 0 Å². The van der Waals surface area contributed by atoms with E-state index in [9.17, 15) is 9.59 Å². The maximum absolute atomic E-state index is 12.1. The molecule has 0 heterocycles. The van der Waals surface area contributed by atoms with Gasteiger partial charge in [0.1, 0.15) is 0 Å². The van der Waals surface area contributed by atoms with E-state index >= 15 is 0 Å². The van der Waals surface area contributed by atoms with Crippen LogP contribution in [0.3, 0.4) is 0 Å². The molecule has 0 bridgehead atoms. The summed E-state index contributed by atoms with van der Waals surface area (Å²) in [6.45, 7) is 1.39. The van der Waals surface area contributed by atoms with Gasteiger partial charge in [0, 0.05) is 0 Å². The molecule has 2 rings (SSSR count). The molecular weight excluding hydrogens is 276 g/mol. The Morgan fingerprint density at radius 1 is 1.00 bits per heavy atom. The van der Waals surface area contributed by atoms with E-state index in [1.807, 2.05) is 6.07 Å². The van der Waals surface area contributed by atoms with Crippen molar-refractivity contribution in [2.24, 2.45) is 0 Å². The molecule has 0 aromatic heterocycles. The molecule has 2 aromatic rings. The van der Waals surface area contributed by atoms with Gasteiger partial charge in [0.25, 0.3) is 0 Å². The Bertz CT molecular complexity index is 623. The Morgan fingerprint density at radius 3 is 2.20 bits per heavy atom. The van der Waals surface area contributed by atoms with Crippen LogP contribution >= 0.6 is 11.6 Å². The van der Waals surface area contributed by atoms with Crippen LogP contribution in [0, 0.1) is 0 Å². The van der Waals surface area contributed by atoms with Crippen LogP contribution in [0.25, 0.3) is 0 Å². The molecule has 0 fully saturated rings. The number of rotatable bonds is 4. The molecule has 4 heteroatoms. The smallest absolute Gasteiger partial charge is 0.340 e. The van der Waals surface area contributed by atoms with Crippen molar-refractivity contribution in [3.63, 3.8) is 0 Å². The second kappa shape index (κ2) is 6.35. The number of hydrogen-bond acceptors (Lipinski definition) is 3. The maximum Gasteiger partial charge on any atom is 0.340 e. The third kappa shape index (κ3) is 3.25. The summed E-state index contributed by atoms with van der Waals surface area (Å²) in [6, 6.07) is 15.5. The Morgan fingerprint density at radius 2 is 1.60 bits per heavy atom. The molecule has 0 saturated carbocycles. The lowest BCUT2D eigenvalue weighted by atomic mass is 10.1. The van der Waals surface area contributed by atoms with Gasteiger partial charge in [-0.3, -0.25) is 4.79 Å². The van der Waals surface area contributed by atoms with E-state index in [-0.39, 0.29) is 11.3 Å². The fourth-order valence-corrected chi connectivity index (χ4v) is 2.02. The highest BCUT2D eigenvalue weighted by Gasteiger charge is 2.23. The van der Waals surface area contributed by atoms with Crippen molar-refractivity contribution in [3.8, 4) is 0 Å². The van der Waals surface area contributed by atoms with Gasteiger partial charge in [-0.15, -0.1) is 0 Å². The van der Waals surface area contributed by atoms with Crippen molar-refractivity contribution >= 4 is 23.4 Å². The number of carbonyl (C=O) groups excluding carboxylic acids is 2. The summed E-state index contributed by atoms with van der Waals surface area (Å²) in [5.74, 6) is -0.851. The standard InChI is InChI=1S/C16H13ClO3/c1-11(18)15(12-7-3-2-4-8-12)20-16(19)13-9-5-6-10-14(13)17/h2-10,15H,1H3. The van der Waals surface area contributed by atoms with Gasteiger partial charge >= 0.3 is 5.97 Å². The van der Waals surface area contributed by atoms with Crippen LogP contribution in [-0.2, 0) is 9.53 Å². The first-order valence-electron chi connectivity index (χ1n) is 6.10. The van der Waals surface area contributed by atoms with Crippen molar-refractivity contribution in [2.75, 3.05) is 0 Å². The van der Waals surface area contributed by atoms with Crippen LogP contribution in [0.4, 0.5) is 0 Å². The summed E-state index contributed by atoms with van der Waals surface area (Å²) in [4.78, 5) is 23.8. The zero-order chi connectivity index (χ0) is 14.5. The molecule has 0 aliphatic heterocycles. The van der Waals surface area contributed by atoms with E-state index in [0.717, 1.165) is 0 Å². The van der Waals surface area contributed by atoms with E-state index in [4.69, 9.17) is 16.3 Å². The van der Waals surface area contributed by atoms with Gasteiger partial charge in [-0.25, -0.2) is 4.79 Å². The minimum Gasteiger partial charge on any atom is -0.446 e. The first-order valence-corrected chi connectivity index (χ1v) is 6.48. The largest absolute Gasteiger partial charge is 0.446 e. The fourth-order valence-electron chi connectivity index (χ4n) is 1.81. The van der Waals surface area contributed by atoms with E-state index < -0.39 is 12.1 Å². The van der Waals surface area contributed by atoms with Gasteiger partial charge in [0.2, 0.25) is 0 Å². The minimum atomic E-state index is -0.917. The summed E-state index contributed by atoms with van der Waals surface area (Å²) < 4.78 is 5.29. The Labute approximate surface area is 122 Å². The molecule has 102 valence electrons. The van der Waals surface area contributed by atoms with Crippen molar-refractivity contribution in [1.29, 1.82) is 0 Å². The summed E-state index contributed by atoms with van der Waals surface area (Å²) in [6.07, 6.45) is -0.917. The predicted octanol–water partition coefficient (Wildman–Crippen LogP) is 3.83. The predicted molar refractivity (Wildman–Crippen MR) is 76.7 cm³/mol. The second-order valence-corrected chi connectivity index (χ2v) is 4.69. The van der Waals surface area contributed by atoms with Crippen molar-refractivity contribution in [1.82, 2.24) is 0 Å². The summed E-state index contributed by atoms with van der Waals surface area (Å²) >= 11 is 5.94. The SMILES string of the molecule is CC(=O)C(OC(=O)c1ccccc1Cl)c1ccccc1. The molecule has 0 aliphatic rings. The first-order chi connectivity index (χ1) is 9.59. The van der Waals surface area contributed by atoms with Gasteiger partial charge in [-0.05, 0) is 24.6 Å². The number of benzene rings is 2. The van der Waals surface area contributed by atoms with E-state index in [1.165, 1.54) is 6.92 Å². The normalized spacial score (nSPS) is 11.7. The Hall–Kier alpha value is -2.13. The molecule has 0 aliphatic carbocycles. The van der Waals surface area contributed by atoms with Crippen molar-refractivity contribution < 1.29 is 14.3 Å². The molecule has 1 atom stereocenters. The summed E-state index contributed by atoms with van der Waals surface area (Å²) in [5.41, 5.74) is 0.886. The number of esters is 1. The maximum atomic E-state index is 12.1. The summed E-state index contributed by atoms with van der Waals surface area (Å²) in [5, 5.41) is 0.299. The highest BCUT2D eigenvalue weighted by molar-refractivity contribution is 6.33. The van der Waals surface area contributed by atoms with Crippen LogP contribution < -0.4 is 0 Å². The molecule has 0 N–H and O–H groups in total. The van der Waals surface area contributed by atoms with E-state index in [0.29, 0.717) is 10.6 Å². The third-order valence-corrected chi connectivity index (χ3v) is 3.12. The molecule has 0 saturated heterocycles. The first kappa shape index (κ1) is 14.3. The molecule has 2 aromatic carbocycles. The molecule has 0 radical (unpaired) electrons. The fraction of sp³-hybridized carbons (Fsp3) is 0.125. The quantitative estimate of drug-likeness (QED) is 0.803. The minimum absolute atomic E-state index is 0.239. The third-order valence-electron chi connectivity index (χ3n) is 2.79. The highest BCUT2D eigenvalue weighted by atomic mass is 35.5. The topological polar surface area (TPSA) is 43.4 Å². The van der Waals surface area contributed by atoms with Crippen molar-refractivity contribution in [3.05, 3.63) is 70.7 Å². The number of halogens is 1. The van der Waals surface area contributed by atoms with Crippen LogP contribution in [0.1, 0.15) is 28.9 Å². The number of carbonyl (C=O) groups is 2. The van der Waals surface area contributed by atoms with E-state index in [1.54, 1.807) is 48.5 Å². The van der Waals surface area contributed by atoms with Crippen molar-refractivity contribution in [2.45, 2.75) is 13.0 Å². The molecular formula is C16H13ClO3. The van der Waals surface area contributed by atoms with Crippen LogP contribution in [0.15, 0.2) is 54.6 Å². The second-order valence-electron chi connectivity index (χ2n) is 4.29. The van der Waals surface area contributed by atoms with E-state index in [2.05, 4.69) is 0 Å². The molecule has 0 amide bonds. The molecule has 20 heavy (non-hydrogen) atoms. The Kier molecular flexibility index (Phi) is 4.53. The van der Waals surface area contributed by atoms with Gasteiger partial charge in [0.15, 0.2) is 11.9 Å². The van der Waals surface area contributed by atoms with Gasteiger partial charge in [0.05, 0.1) is 10.6 Å². The summed E-state index contributed by atoms with van der Waals surface area (Å²) in [7, 11) is 0. The van der Waals surface area contributed by atoms with Crippen LogP contribution in [0.2, 0.25) is 5.02 Å². The zero-order valence-electron chi connectivity index (χ0n) is 10.9. The molecule has 0 spiro atoms. The molecule has 1 unspecified atom stereocenters. The zero-order valence-corrected chi connectivity index (χ0v) is 11.6. The lowest BCUT2D eigenvalue weighted by molar-refractivity contribution is -0.125. The average Bonchev–Trinajstić information content (AvgIpc) is 2.45. The van der Waals surface area contributed by atoms with Gasteiger partial charge < -0.3 is 4.74 Å². The Balaban J connectivity index is 2.24. The van der Waals surface area contributed by atoms with Crippen LogP contribution in [-0.4, -0.2) is 11.8 Å². The number of Topliss-reactive ketones (excluding diaryl/α,β-unsaturated/α-hetero) is 1. The lowest BCUT2D eigenvalue weighted by Crippen LogP contribution is -2.18. The average molecular weight is 289 g/mol. The van der Waals surface area contributed by atoms with Gasteiger partial charge in [-0.1, -0.05) is 54.1 Å². The highest BCUT2D eigenvalue weighted by Crippen LogP contribution is 2.23. The number of hydrogen-bond donors (Lipinski definition) is 0. The number of ether oxygens (including phenoxy) is 1. The number of ketones is 1. The lowest BCUT2D eigenvalue weighted by Gasteiger charge is -2.15. The monoisotopic (exact) mass is 288 g/mol. The van der Waals surface area contributed by atoms with Gasteiger partial charge in [-0.2, -0.15) is 0 Å². The molecule has 3 nitrogen and oxygen atoms in total.